The summed E-state index contributed by atoms with van der Waals surface area (Å²) in [6.45, 7) is -0.0823. The maximum Gasteiger partial charge on any atom is 0.132 e. The Hall–Kier alpha value is -2.45. The van der Waals surface area contributed by atoms with Crippen LogP contribution in [0.4, 0.5) is 14.5 Å². The Bertz CT molecular complexity index is 625. The number of aliphatic hydroxyl groups excluding tert-OH is 1. The van der Waals surface area contributed by atoms with Crippen LogP contribution in [-0.4, -0.2) is 5.11 Å². The monoisotopic (exact) mass is 274 g/mol. The Morgan fingerprint density at radius 2 is 1.70 bits per heavy atom. The van der Waals surface area contributed by atoms with Crippen LogP contribution >= 0.6 is 0 Å². The number of nitrogens with one attached hydrogen (secondary N) is 1. The lowest BCUT2D eigenvalue weighted by Crippen LogP contribution is -2.05. The number of hydrogen-bond donors (Lipinski definition) is 2. The second-order valence-corrected chi connectivity index (χ2v) is 4.24. The van der Waals surface area contributed by atoms with Crippen molar-refractivity contribution in [3.8, 4) is 6.07 Å². The molecule has 20 heavy (non-hydrogen) atoms. The molecule has 0 fully saturated rings. The number of rotatable bonds is 4. The van der Waals surface area contributed by atoms with Crippen LogP contribution in [0.2, 0.25) is 0 Å². The van der Waals surface area contributed by atoms with Crippen molar-refractivity contribution in [1.82, 2.24) is 0 Å². The van der Waals surface area contributed by atoms with Crippen LogP contribution in [0, 0.1) is 23.0 Å². The van der Waals surface area contributed by atoms with Gasteiger partial charge in [0.15, 0.2) is 0 Å². The molecular formula is C15H12F2N2O. The third-order valence-corrected chi connectivity index (χ3v) is 2.88. The number of anilines is 1. The van der Waals surface area contributed by atoms with Crippen molar-refractivity contribution in [1.29, 1.82) is 5.26 Å². The first-order valence-corrected chi connectivity index (χ1v) is 5.95. The van der Waals surface area contributed by atoms with Crippen LogP contribution in [0.15, 0.2) is 36.4 Å². The highest BCUT2D eigenvalue weighted by atomic mass is 19.1. The highest BCUT2D eigenvalue weighted by molar-refractivity contribution is 5.45. The van der Waals surface area contributed by atoms with E-state index in [9.17, 15) is 8.78 Å². The Labute approximate surface area is 115 Å². The van der Waals surface area contributed by atoms with Crippen LogP contribution in [0.5, 0.6) is 0 Å². The van der Waals surface area contributed by atoms with Crippen LogP contribution in [0.1, 0.15) is 16.7 Å². The van der Waals surface area contributed by atoms with Gasteiger partial charge in [0.1, 0.15) is 11.6 Å². The number of nitrogens with zero attached hydrogens (tertiary/aromatic N) is 1. The zero-order chi connectivity index (χ0) is 14.5. The Morgan fingerprint density at radius 1 is 1.10 bits per heavy atom. The first-order chi connectivity index (χ1) is 9.63. The first kappa shape index (κ1) is 14.0. The second-order valence-electron chi connectivity index (χ2n) is 4.24. The van der Waals surface area contributed by atoms with Crippen molar-refractivity contribution >= 4 is 5.69 Å². The van der Waals surface area contributed by atoms with Gasteiger partial charge in [-0.05, 0) is 29.8 Å². The zero-order valence-electron chi connectivity index (χ0n) is 10.5. The van der Waals surface area contributed by atoms with E-state index in [0.717, 1.165) is 17.7 Å². The van der Waals surface area contributed by atoms with E-state index in [1.165, 1.54) is 0 Å². The van der Waals surface area contributed by atoms with Gasteiger partial charge in [-0.15, -0.1) is 0 Å². The maximum absolute atomic E-state index is 13.7. The van der Waals surface area contributed by atoms with Crippen LogP contribution < -0.4 is 5.32 Å². The van der Waals surface area contributed by atoms with E-state index in [4.69, 9.17) is 10.4 Å². The maximum atomic E-state index is 13.7. The predicted molar refractivity (Wildman–Crippen MR) is 70.8 cm³/mol. The highest BCUT2D eigenvalue weighted by Crippen LogP contribution is 2.17. The minimum Gasteiger partial charge on any atom is -0.392 e. The van der Waals surface area contributed by atoms with E-state index in [1.807, 2.05) is 0 Å². The van der Waals surface area contributed by atoms with Gasteiger partial charge >= 0.3 is 0 Å². The summed E-state index contributed by atoms with van der Waals surface area (Å²) in [4.78, 5) is 0. The van der Waals surface area contributed by atoms with Crippen LogP contribution in [0.25, 0.3) is 0 Å². The molecule has 2 aromatic rings. The Morgan fingerprint density at radius 3 is 2.20 bits per heavy atom. The van der Waals surface area contributed by atoms with Gasteiger partial charge < -0.3 is 10.4 Å². The normalized spacial score (nSPS) is 10.1. The zero-order valence-corrected chi connectivity index (χ0v) is 10.5. The number of halogens is 2. The summed E-state index contributed by atoms with van der Waals surface area (Å²) in [6, 6.07) is 10.6. The SMILES string of the molecule is N#Cc1cc(F)c(CNc2ccc(CO)cc2)c(F)c1. The molecule has 0 saturated carbocycles. The molecule has 2 aromatic carbocycles. The smallest absolute Gasteiger partial charge is 0.132 e. The molecule has 0 spiro atoms. The minimum atomic E-state index is -0.749. The van der Waals surface area contributed by atoms with Gasteiger partial charge in [-0.25, -0.2) is 8.78 Å². The van der Waals surface area contributed by atoms with Gasteiger partial charge in [0, 0.05) is 17.8 Å². The van der Waals surface area contributed by atoms with Gasteiger partial charge in [0.2, 0.25) is 0 Å². The molecule has 0 aliphatic rings. The van der Waals surface area contributed by atoms with Crippen molar-refractivity contribution in [2.75, 3.05) is 5.32 Å². The van der Waals surface area contributed by atoms with Crippen molar-refractivity contribution in [2.45, 2.75) is 13.2 Å². The van der Waals surface area contributed by atoms with Gasteiger partial charge in [0.25, 0.3) is 0 Å². The van der Waals surface area contributed by atoms with E-state index < -0.39 is 11.6 Å². The third kappa shape index (κ3) is 3.11. The molecule has 0 bridgehead atoms. The number of aliphatic hydroxyl groups is 1. The average molecular weight is 274 g/mol. The molecule has 0 aliphatic heterocycles. The third-order valence-electron chi connectivity index (χ3n) is 2.88. The molecule has 0 aromatic heterocycles. The lowest BCUT2D eigenvalue weighted by atomic mass is 10.1. The van der Waals surface area contributed by atoms with Crippen LogP contribution in [-0.2, 0) is 13.2 Å². The molecule has 2 N–H and O–H groups in total. The van der Waals surface area contributed by atoms with Gasteiger partial charge in [0.05, 0.1) is 18.2 Å². The van der Waals surface area contributed by atoms with E-state index in [1.54, 1.807) is 30.3 Å². The van der Waals surface area contributed by atoms with E-state index in [-0.39, 0.29) is 24.3 Å². The van der Waals surface area contributed by atoms with Gasteiger partial charge in [-0.2, -0.15) is 5.26 Å². The lowest BCUT2D eigenvalue weighted by molar-refractivity contribution is 0.282. The molecular weight excluding hydrogens is 262 g/mol. The molecule has 3 nitrogen and oxygen atoms in total. The average Bonchev–Trinajstić information content (AvgIpc) is 2.46. The quantitative estimate of drug-likeness (QED) is 0.901. The molecule has 2 rings (SSSR count). The fourth-order valence-corrected chi connectivity index (χ4v) is 1.75. The van der Waals surface area contributed by atoms with Crippen LogP contribution in [0.3, 0.4) is 0 Å². The molecule has 0 heterocycles. The standard InChI is InChI=1S/C15H12F2N2O/c16-14-5-11(7-18)6-15(17)13(14)8-19-12-3-1-10(9-20)2-4-12/h1-6,19-20H,8-9H2. The number of nitriles is 1. The van der Waals surface area contributed by atoms with Crippen molar-refractivity contribution in [3.05, 3.63) is 64.7 Å². The van der Waals surface area contributed by atoms with E-state index in [0.29, 0.717) is 5.69 Å². The number of benzene rings is 2. The Balaban J connectivity index is 2.12. The largest absolute Gasteiger partial charge is 0.392 e. The first-order valence-electron chi connectivity index (χ1n) is 5.95. The van der Waals surface area contributed by atoms with E-state index in [2.05, 4.69) is 5.32 Å². The summed E-state index contributed by atoms with van der Waals surface area (Å²) in [6.07, 6.45) is 0. The number of hydrogen-bond acceptors (Lipinski definition) is 3. The van der Waals surface area contributed by atoms with Gasteiger partial charge in [-0.3, -0.25) is 0 Å². The Kier molecular flexibility index (Phi) is 4.28. The highest BCUT2D eigenvalue weighted by Gasteiger charge is 2.11. The van der Waals surface area contributed by atoms with Crippen molar-refractivity contribution < 1.29 is 13.9 Å². The molecule has 0 unspecified atom stereocenters. The molecule has 102 valence electrons. The van der Waals surface area contributed by atoms with E-state index >= 15 is 0 Å². The topological polar surface area (TPSA) is 56.0 Å². The van der Waals surface area contributed by atoms with Crippen molar-refractivity contribution in [3.63, 3.8) is 0 Å². The molecule has 5 heteroatoms. The second kappa shape index (κ2) is 6.13. The summed E-state index contributed by atoms with van der Waals surface area (Å²) >= 11 is 0. The summed E-state index contributed by atoms with van der Waals surface area (Å²) < 4.78 is 27.3. The molecule has 0 aliphatic carbocycles. The fraction of sp³-hybridized carbons (Fsp3) is 0.133. The van der Waals surface area contributed by atoms with Crippen molar-refractivity contribution in [2.24, 2.45) is 0 Å². The fourth-order valence-electron chi connectivity index (χ4n) is 1.75. The molecule has 0 amide bonds. The minimum absolute atomic E-state index is 0.0259. The lowest BCUT2D eigenvalue weighted by Gasteiger charge is -2.09. The molecule has 0 atom stereocenters. The van der Waals surface area contributed by atoms with Gasteiger partial charge in [-0.1, -0.05) is 12.1 Å². The summed E-state index contributed by atoms with van der Waals surface area (Å²) in [5, 5.41) is 20.4. The molecule has 0 radical (unpaired) electrons. The predicted octanol–water partition coefficient (Wildman–Crippen LogP) is 2.94. The summed E-state index contributed by atoms with van der Waals surface area (Å²) in [7, 11) is 0. The summed E-state index contributed by atoms with van der Waals surface area (Å²) in [5.41, 5.74) is 1.28. The molecule has 0 saturated heterocycles. The summed E-state index contributed by atoms with van der Waals surface area (Å²) in [5.74, 6) is -1.50.